The van der Waals surface area contributed by atoms with Crippen LogP contribution in [0.15, 0.2) is 30.3 Å². The van der Waals surface area contributed by atoms with Crippen molar-refractivity contribution < 1.29 is 47.8 Å². The molecule has 0 aromatic heterocycles. The van der Waals surface area contributed by atoms with Gasteiger partial charge in [0.1, 0.15) is 23.7 Å². The number of morpholine rings is 1. The number of unbranched alkanes of at least 4 members (excludes halogenated alkanes) is 1. The van der Waals surface area contributed by atoms with Crippen molar-refractivity contribution in [3.05, 3.63) is 35.9 Å². The highest BCUT2D eigenvalue weighted by Crippen LogP contribution is 2.30. The molecular formula is C44H66N6O10. The molecule has 1 aromatic carbocycles. The molecule has 5 amide bonds. The van der Waals surface area contributed by atoms with E-state index in [9.17, 15) is 33.6 Å². The number of esters is 1. The van der Waals surface area contributed by atoms with Crippen LogP contribution in [-0.2, 0) is 54.2 Å². The second-order valence-corrected chi connectivity index (χ2v) is 16.6. The lowest BCUT2D eigenvalue weighted by Gasteiger charge is -2.34. The fourth-order valence-electron chi connectivity index (χ4n) is 6.77. The number of Topliss-reactive ketones (excluding diaryl/α,β-unsaturated/α-hetero) is 1. The summed E-state index contributed by atoms with van der Waals surface area (Å²) in [6.07, 6.45) is 6.82. The summed E-state index contributed by atoms with van der Waals surface area (Å²) < 4.78 is 16.3. The zero-order valence-electron chi connectivity index (χ0n) is 36.2. The molecule has 5 atom stereocenters. The minimum Gasteiger partial charge on any atom is -0.444 e. The molecule has 1 aromatic rings. The first-order valence-corrected chi connectivity index (χ1v) is 21.1. The van der Waals surface area contributed by atoms with E-state index >= 15 is 0 Å². The number of nitrogens with one attached hydrogen (secondary N) is 4. The van der Waals surface area contributed by atoms with Crippen molar-refractivity contribution in [2.24, 2.45) is 11.8 Å². The van der Waals surface area contributed by atoms with Crippen LogP contribution in [0.3, 0.4) is 0 Å². The summed E-state index contributed by atoms with van der Waals surface area (Å²) in [6, 6.07) is 4.93. The molecule has 2 fully saturated rings. The van der Waals surface area contributed by atoms with Gasteiger partial charge in [-0.3, -0.25) is 43.4 Å². The van der Waals surface area contributed by atoms with E-state index in [-0.39, 0.29) is 69.4 Å². The molecule has 0 aliphatic carbocycles. The number of benzene rings is 1. The standard InChI is InChI=1S/C44H66N6O10/c1-8-10-16-36(50(38(52)27-49-20-22-58-23-21-49)29-59-39(53)18-17-37(51)45-19-9-2)43(57)48-34(25-31(5)6)41(55)47-35(26-32-14-12-11-13-15-32)42(56)46-33(24-30(3)4)40(54)44(7)28-60-44/h2,11-15,30-31,33-36H,8,10,16-29H2,1,3-7H3,(H,45,51)(H,46,56)(H,47,55)(H,48,57). The molecule has 4 N–H and O–H groups in total. The van der Waals surface area contributed by atoms with Crippen LogP contribution < -0.4 is 21.3 Å². The number of ketones is 1. The van der Waals surface area contributed by atoms with Crippen molar-refractivity contribution in [1.82, 2.24) is 31.1 Å². The number of terminal acetylenes is 1. The Morgan fingerprint density at radius 3 is 2.08 bits per heavy atom. The number of epoxide rings is 1. The molecule has 2 aliphatic rings. The highest BCUT2D eigenvalue weighted by atomic mass is 16.6. The van der Waals surface area contributed by atoms with Crippen molar-refractivity contribution in [2.45, 2.75) is 123 Å². The molecule has 0 radical (unpaired) electrons. The van der Waals surface area contributed by atoms with E-state index in [1.807, 2.05) is 69.9 Å². The molecule has 5 unspecified atom stereocenters. The Hall–Kier alpha value is -4.85. The molecule has 0 bridgehead atoms. The SMILES string of the molecule is C#CCNC(=O)CCC(=O)OCN(C(=O)CN1CCOCC1)C(CCCC)C(=O)NC(CC(C)C)C(=O)NC(Cc1ccccc1)C(=O)NC(CC(C)C)C(=O)C1(C)CO1. The molecule has 332 valence electrons. The van der Waals surface area contributed by atoms with Gasteiger partial charge in [0.25, 0.3) is 0 Å². The van der Waals surface area contributed by atoms with Crippen LogP contribution in [0.25, 0.3) is 0 Å². The number of ether oxygens (including phenoxy) is 3. The van der Waals surface area contributed by atoms with E-state index in [2.05, 4.69) is 27.2 Å². The van der Waals surface area contributed by atoms with Gasteiger partial charge in [-0.15, -0.1) is 6.42 Å². The quantitative estimate of drug-likeness (QED) is 0.0459. The highest BCUT2D eigenvalue weighted by Gasteiger charge is 2.50. The number of amides is 5. The first-order chi connectivity index (χ1) is 28.6. The second kappa shape index (κ2) is 25.0. The van der Waals surface area contributed by atoms with Crippen LogP contribution in [-0.4, -0.2) is 134 Å². The summed E-state index contributed by atoms with van der Waals surface area (Å²) in [5.41, 5.74) is -0.205. The topological polar surface area (TPSA) is 205 Å². The van der Waals surface area contributed by atoms with E-state index in [1.165, 1.54) is 4.90 Å². The lowest BCUT2D eigenvalue weighted by Crippen LogP contribution is -2.60. The molecule has 0 saturated carbocycles. The third-order valence-corrected chi connectivity index (χ3v) is 10.3. The second-order valence-electron chi connectivity index (χ2n) is 16.6. The normalized spacial score (nSPS) is 18.2. The van der Waals surface area contributed by atoms with Crippen LogP contribution >= 0.6 is 0 Å². The van der Waals surface area contributed by atoms with Crippen molar-refractivity contribution in [1.29, 1.82) is 0 Å². The number of carbonyl (C=O) groups excluding carboxylic acids is 7. The van der Waals surface area contributed by atoms with E-state index in [4.69, 9.17) is 20.6 Å². The summed E-state index contributed by atoms with van der Waals surface area (Å²) in [4.78, 5) is 98.2. The zero-order chi connectivity index (χ0) is 44.2. The van der Waals surface area contributed by atoms with E-state index in [0.29, 0.717) is 45.6 Å². The lowest BCUT2D eigenvalue weighted by molar-refractivity contribution is -0.160. The Morgan fingerprint density at radius 2 is 1.48 bits per heavy atom. The van der Waals surface area contributed by atoms with E-state index in [0.717, 1.165) is 5.56 Å². The monoisotopic (exact) mass is 838 g/mol. The third kappa shape index (κ3) is 17.0. The largest absolute Gasteiger partial charge is 0.444 e. The van der Waals surface area contributed by atoms with Crippen molar-refractivity contribution in [2.75, 3.05) is 52.7 Å². The van der Waals surface area contributed by atoms with Crippen molar-refractivity contribution in [3.8, 4) is 12.3 Å². The molecule has 2 saturated heterocycles. The zero-order valence-corrected chi connectivity index (χ0v) is 36.2. The van der Waals surface area contributed by atoms with Crippen LogP contribution in [0.4, 0.5) is 0 Å². The van der Waals surface area contributed by atoms with Gasteiger partial charge in [-0.1, -0.05) is 83.7 Å². The van der Waals surface area contributed by atoms with Crippen LogP contribution in [0.1, 0.15) is 92.1 Å². The molecular weight excluding hydrogens is 773 g/mol. The Labute approximate surface area is 354 Å². The predicted octanol–water partition coefficient (Wildman–Crippen LogP) is 1.88. The van der Waals surface area contributed by atoms with Crippen LogP contribution in [0.5, 0.6) is 0 Å². The summed E-state index contributed by atoms with van der Waals surface area (Å²) in [5.74, 6) is -1.41. The Bertz CT molecular complexity index is 1640. The minimum atomic E-state index is -1.13. The molecule has 2 aliphatic heterocycles. The lowest BCUT2D eigenvalue weighted by atomic mass is 9.93. The maximum atomic E-state index is 14.4. The number of rotatable bonds is 26. The fraction of sp³-hybridized carbons (Fsp3) is 0.659. The maximum absolute atomic E-state index is 14.4. The van der Waals surface area contributed by atoms with Crippen molar-refractivity contribution >= 4 is 41.3 Å². The first-order valence-electron chi connectivity index (χ1n) is 21.1. The number of carbonyl (C=O) groups is 7. The number of hydrogen-bond acceptors (Lipinski definition) is 11. The average molecular weight is 839 g/mol. The van der Waals surface area contributed by atoms with Crippen molar-refractivity contribution in [3.63, 3.8) is 0 Å². The minimum absolute atomic E-state index is 0.0117. The van der Waals surface area contributed by atoms with E-state index < -0.39 is 72.0 Å². The van der Waals surface area contributed by atoms with Gasteiger partial charge in [-0.05, 0) is 43.6 Å². The molecule has 0 spiro atoms. The summed E-state index contributed by atoms with van der Waals surface area (Å²) in [6.45, 7) is 12.8. The van der Waals surface area contributed by atoms with Crippen LogP contribution in [0.2, 0.25) is 0 Å². The Kier molecular flexibility index (Phi) is 20.7. The molecule has 2 heterocycles. The van der Waals surface area contributed by atoms with Gasteiger partial charge in [0.2, 0.25) is 29.5 Å². The van der Waals surface area contributed by atoms with Gasteiger partial charge in [-0.25, -0.2) is 0 Å². The van der Waals surface area contributed by atoms with E-state index in [1.54, 1.807) is 6.92 Å². The van der Waals surface area contributed by atoms with Gasteiger partial charge in [0, 0.05) is 25.9 Å². The smallest absolute Gasteiger partial charge is 0.308 e. The first kappa shape index (κ1) is 49.5. The average Bonchev–Trinajstić information content (AvgIpc) is 3.97. The van der Waals surface area contributed by atoms with Gasteiger partial charge < -0.3 is 35.5 Å². The Balaban J connectivity index is 1.88. The summed E-state index contributed by atoms with van der Waals surface area (Å²) in [7, 11) is 0. The summed E-state index contributed by atoms with van der Waals surface area (Å²) in [5, 5.41) is 11.1. The number of hydrogen-bond donors (Lipinski definition) is 4. The van der Waals surface area contributed by atoms with Gasteiger partial charge in [0.15, 0.2) is 12.5 Å². The Morgan fingerprint density at radius 1 is 0.883 bits per heavy atom. The summed E-state index contributed by atoms with van der Waals surface area (Å²) >= 11 is 0. The van der Waals surface area contributed by atoms with Gasteiger partial charge in [-0.2, -0.15) is 0 Å². The predicted molar refractivity (Wildman–Crippen MR) is 224 cm³/mol. The molecule has 3 rings (SSSR count). The maximum Gasteiger partial charge on any atom is 0.308 e. The third-order valence-electron chi connectivity index (χ3n) is 10.3. The number of nitrogens with zero attached hydrogens (tertiary/aromatic N) is 2. The molecule has 60 heavy (non-hydrogen) atoms. The van der Waals surface area contributed by atoms with Crippen LogP contribution in [0, 0.1) is 24.2 Å². The molecule has 16 nitrogen and oxygen atoms in total. The van der Waals surface area contributed by atoms with Gasteiger partial charge in [0.05, 0.1) is 45.4 Å². The molecule has 16 heteroatoms. The highest BCUT2D eigenvalue weighted by molar-refractivity contribution is 5.99. The fourth-order valence-corrected chi connectivity index (χ4v) is 6.77. The van der Waals surface area contributed by atoms with Gasteiger partial charge >= 0.3 is 5.97 Å².